The number of hydrogen-bond donors (Lipinski definition) is 1. The van der Waals surface area contributed by atoms with Crippen molar-refractivity contribution in [3.63, 3.8) is 0 Å². The van der Waals surface area contributed by atoms with E-state index in [0.717, 1.165) is 19.0 Å². The van der Waals surface area contributed by atoms with Gasteiger partial charge in [-0.2, -0.15) is 13.2 Å². The molecule has 17 heavy (non-hydrogen) atoms. The molecule has 0 spiro atoms. The van der Waals surface area contributed by atoms with Gasteiger partial charge in [0.25, 0.3) is 0 Å². The van der Waals surface area contributed by atoms with Crippen LogP contribution in [0.3, 0.4) is 0 Å². The van der Waals surface area contributed by atoms with Gasteiger partial charge in [0.2, 0.25) is 5.91 Å². The van der Waals surface area contributed by atoms with Crippen LogP contribution in [-0.4, -0.2) is 43.2 Å². The third kappa shape index (κ3) is 2.80. The lowest BCUT2D eigenvalue weighted by molar-refractivity contribution is -0.135. The Hall–Kier alpha value is -1.04. The van der Waals surface area contributed by atoms with Crippen LogP contribution in [0, 0.1) is 5.92 Å². The highest BCUT2D eigenvalue weighted by Crippen LogP contribution is 2.30. The first kappa shape index (κ1) is 12.4. The van der Waals surface area contributed by atoms with Gasteiger partial charge in [-0.05, 0) is 19.4 Å². The minimum Gasteiger partial charge on any atom is -0.338 e. The van der Waals surface area contributed by atoms with E-state index in [-0.39, 0.29) is 31.3 Å². The molecule has 1 unspecified atom stereocenters. The predicted octanol–water partition coefficient (Wildman–Crippen LogP) is 1.32. The number of rotatable bonds is 1. The largest absolute Gasteiger partial charge is 0.412 e. The quantitative estimate of drug-likeness (QED) is 0.710. The lowest BCUT2D eigenvalue weighted by atomic mass is 10.0. The Morgan fingerprint density at radius 1 is 1.47 bits per heavy atom. The molecule has 0 radical (unpaired) electrons. The molecule has 1 N–H and O–H groups in total. The van der Waals surface area contributed by atoms with Gasteiger partial charge < -0.3 is 10.2 Å². The SMILES string of the molecule is O=C(C1CCNC1)N1CC=C(C(F)(F)F)CC1. The molecular weight excluding hydrogens is 233 g/mol. The van der Waals surface area contributed by atoms with Gasteiger partial charge >= 0.3 is 6.18 Å². The number of halogens is 3. The molecule has 1 amide bonds. The van der Waals surface area contributed by atoms with Gasteiger partial charge in [-0.15, -0.1) is 0 Å². The number of nitrogens with one attached hydrogen (secondary N) is 1. The smallest absolute Gasteiger partial charge is 0.338 e. The molecule has 2 aliphatic heterocycles. The average molecular weight is 248 g/mol. The maximum Gasteiger partial charge on any atom is 0.412 e. The summed E-state index contributed by atoms with van der Waals surface area (Å²) in [6.45, 7) is 1.73. The number of hydrogen-bond acceptors (Lipinski definition) is 2. The fourth-order valence-electron chi connectivity index (χ4n) is 2.25. The summed E-state index contributed by atoms with van der Waals surface area (Å²) in [5.74, 6) is -0.0803. The summed E-state index contributed by atoms with van der Waals surface area (Å²) in [6.07, 6.45) is -2.42. The lowest BCUT2D eigenvalue weighted by Gasteiger charge is -2.29. The first-order valence-corrected chi connectivity index (χ1v) is 5.74. The molecule has 2 rings (SSSR count). The van der Waals surface area contributed by atoms with Crippen molar-refractivity contribution in [3.05, 3.63) is 11.6 Å². The van der Waals surface area contributed by atoms with Crippen LogP contribution in [0.25, 0.3) is 0 Å². The predicted molar refractivity (Wildman–Crippen MR) is 56.3 cm³/mol. The van der Waals surface area contributed by atoms with E-state index in [1.807, 2.05) is 0 Å². The molecule has 1 saturated heterocycles. The highest BCUT2D eigenvalue weighted by Gasteiger charge is 2.36. The molecule has 96 valence electrons. The number of carbonyl (C=O) groups excluding carboxylic acids is 1. The summed E-state index contributed by atoms with van der Waals surface area (Å²) in [5, 5.41) is 3.08. The molecule has 0 aliphatic carbocycles. The second kappa shape index (κ2) is 4.68. The van der Waals surface area contributed by atoms with E-state index in [0.29, 0.717) is 6.54 Å². The van der Waals surface area contributed by atoms with Crippen molar-refractivity contribution >= 4 is 5.91 Å². The maximum absolute atomic E-state index is 12.4. The van der Waals surface area contributed by atoms with Crippen LogP contribution in [0.1, 0.15) is 12.8 Å². The van der Waals surface area contributed by atoms with Crippen molar-refractivity contribution in [2.24, 2.45) is 5.92 Å². The molecule has 0 aromatic heterocycles. The molecular formula is C11H15F3N2O. The maximum atomic E-state index is 12.4. The van der Waals surface area contributed by atoms with Crippen LogP contribution in [-0.2, 0) is 4.79 Å². The summed E-state index contributed by atoms with van der Waals surface area (Å²) in [5.41, 5.74) is -0.508. The van der Waals surface area contributed by atoms with Gasteiger partial charge in [0.1, 0.15) is 0 Å². The minimum absolute atomic E-state index is 0.0209. The fourth-order valence-corrected chi connectivity index (χ4v) is 2.25. The van der Waals surface area contributed by atoms with E-state index in [2.05, 4.69) is 5.32 Å². The number of alkyl halides is 3. The molecule has 2 heterocycles. The van der Waals surface area contributed by atoms with Crippen molar-refractivity contribution in [3.8, 4) is 0 Å². The summed E-state index contributed by atoms with van der Waals surface area (Å²) < 4.78 is 37.2. The monoisotopic (exact) mass is 248 g/mol. The number of nitrogens with zero attached hydrogens (tertiary/aromatic N) is 1. The molecule has 6 heteroatoms. The Morgan fingerprint density at radius 2 is 2.24 bits per heavy atom. The van der Waals surface area contributed by atoms with E-state index >= 15 is 0 Å². The number of amides is 1. The molecule has 3 nitrogen and oxygen atoms in total. The standard InChI is InChI=1S/C11H15F3N2O/c12-11(13,14)9-2-5-16(6-3-9)10(17)8-1-4-15-7-8/h2,8,15H,1,3-7H2. The summed E-state index contributed by atoms with van der Waals surface area (Å²) in [6, 6.07) is 0. The van der Waals surface area contributed by atoms with Crippen LogP contribution < -0.4 is 5.32 Å². The van der Waals surface area contributed by atoms with Crippen molar-refractivity contribution in [1.29, 1.82) is 0 Å². The third-order valence-electron chi connectivity index (χ3n) is 3.29. The van der Waals surface area contributed by atoms with E-state index in [1.54, 1.807) is 0 Å². The molecule has 0 aromatic carbocycles. The van der Waals surface area contributed by atoms with E-state index in [1.165, 1.54) is 4.90 Å². The molecule has 0 bridgehead atoms. The van der Waals surface area contributed by atoms with Crippen LogP contribution in [0.2, 0.25) is 0 Å². The zero-order valence-corrected chi connectivity index (χ0v) is 9.39. The Labute approximate surface area is 97.7 Å². The highest BCUT2D eigenvalue weighted by atomic mass is 19.4. The summed E-state index contributed by atoms with van der Waals surface area (Å²) in [7, 11) is 0. The van der Waals surface area contributed by atoms with Crippen LogP contribution in [0.5, 0.6) is 0 Å². The van der Waals surface area contributed by atoms with Gasteiger partial charge in [0.05, 0.1) is 5.92 Å². The normalized spacial score (nSPS) is 25.9. The highest BCUT2D eigenvalue weighted by molar-refractivity contribution is 5.79. The fraction of sp³-hybridized carbons (Fsp3) is 0.727. The molecule has 1 fully saturated rings. The zero-order chi connectivity index (χ0) is 12.5. The second-order valence-electron chi connectivity index (χ2n) is 4.45. The molecule has 0 aromatic rings. The Bertz CT molecular complexity index is 332. The lowest BCUT2D eigenvalue weighted by Crippen LogP contribution is -2.40. The molecule has 2 aliphatic rings. The van der Waals surface area contributed by atoms with Gasteiger partial charge in [-0.3, -0.25) is 4.79 Å². The van der Waals surface area contributed by atoms with Crippen LogP contribution in [0.15, 0.2) is 11.6 Å². The second-order valence-corrected chi connectivity index (χ2v) is 4.45. The number of carbonyl (C=O) groups is 1. The van der Waals surface area contributed by atoms with Crippen LogP contribution >= 0.6 is 0 Å². The van der Waals surface area contributed by atoms with E-state index in [9.17, 15) is 18.0 Å². The summed E-state index contributed by atoms with van der Waals surface area (Å²) in [4.78, 5) is 13.5. The minimum atomic E-state index is -4.25. The average Bonchev–Trinajstić information content (AvgIpc) is 2.80. The van der Waals surface area contributed by atoms with Crippen molar-refractivity contribution in [2.45, 2.75) is 19.0 Å². The first-order chi connectivity index (χ1) is 7.98. The van der Waals surface area contributed by atoms with Gasteiger partial charge in [0.15, 0.2) is 0 Å². The Kier molecular flexibility index (Phi) is 3.42. The summed E-state index contributed by atoms with van der Waals surface area (Å²) >= 11 is 0. The van der Waals surface area contributed by atoms with Gasteiger partial charge in [-0.1, -0.05) is 6.08 Å². The van der Waals surface area contributed by atoms with Crippen molar-refractivity contribution in [1.82, 2.24) is 10.2 Å². The van der Waals surface area contributed by atoms with E-state index < -0.39 is 11.7 Å². The zero-order valence-electron chi connectivity index (χ0n) is 9.39. The topological polar surface area (TPSA) is 32.3 Å². The molecule has 0 saturated carbocycles. The van der Waals surface area contributed by atoms with Crippen molar-refractivity contribution in [2.75, 3.05) is 26.2 Å². The first-order valence-electron chi connectivity index (χ1n) is 5.74. The van der Waals surface area contributed by atoms with Gasteiger partial charge in [0, 0.05) is 25.2 Å². The Morgan fingerprint density at radius 3 is 2.71 bits per heavy atom. The van der Waals surface area contributed by atoms with E-state index in [4.69, 9.17) is 0 Å². The van der Waals surface area contributed by atoms with Crippen LogP contribution in [0.4, 0.5) is 13.2 Å². The third-order valence-corrected chi connectivity index (χ3v) is 3.29. The van der Waals surface area contributed by atoms with Gasteiger partial charge in [-0.25, -0.2) is 0 Å². The Balaban J connectivity index is 1.94. The van der Waals surface area contributed by atoms with Crippen molar-refractivity contribution < 1.29 is 18.0 Å². The molecule has 1 atom stereocenters.